The van der Waals surface area contributed by atoms with Crippen LogP contribution in [0.5, 0.6) is 0 Å². The second-order valence-corrected chi connectivity index (χ2v) is 10.1. The van der Waals surface area contributed by atoms with Crippen molar-refractivity contribution < 1.29 is 8.42 Å². The second-order valence-electron chi connectivity index (χ2n) is 7.03. The van der Waals surface area contributed by atoms with Crippen molar-refractivity contribution in [2.75, 3.05) is 11.5 Å². The van der Waals surface area contributed by atoms with Crippen molar-refractivity contribution in [1.82, 2.24) is 0 Å². The summed E-state index contributed by atoms with van der Waals surface area (Å²) in [6, 6.07) is 0. The van der Waals surface area contributed by atoms with E-state index >= 15 is 0 Å². The van der Waals surface area contributed by atoms with Crippen molar-refractivity contribution in [3.05, 3.63) is 0 Å². The fourth-order valence-corrected chi connectivity index (χ4v) is 4.27. The van der Waals surface area contributed by atoms with Gasteiger partial charge in [-0.15, -0.1) is 11.6 Å². The van der Waals surface area contributed by atoms with Crippen LogP contribution in [0, 0.1) is 17.3 Å². The monoisotopic (exact) mass is 308 g/mol. The lowest BCUT2D eigenvalue weighted by atomic mass is 9.68. The molecule has 0 heterocycles. The topological polar surface area (TPSA) is 34.1 Å². The molecule has 114 valence electrons. The normalized spacial score (nSPS) is 29.4. The minimum Gasteiger partial charge on any atom is -0.229 e. The fourth-order valence-electron chi connectivity index (χ4n) is 3.02. The first kappa shape index (κ1) is 17.3. The summed E-state index contributed by atoms with van der Waals surface area (Å²) in [6.07, 6.45) is 5.17. The van der Waals surface area contributed by atoms with Crippen LogP contribution in [0.25, 0.3) is 0 Å². The Hall–Kier alpha value is 0.240. The lowest BCUT2D eigenvalue weighted by molar-refractivity contribution is 0.140. The molecule has 1 aliphatic carbocycles. The molecule has 0 aliphatic heterocycles. The predicted molar refractivity (Wildman–Crippen MR) is 83.5 cm³/mol. The van der Waals surface area contributed by atoms with E-state index in [4.69, 9.17) is 11.6 Å². The molecule has 0 spiro atoms. The van der Waals surface area contributed by atoms with Gasteiger partial charge in [0, 0.05) is 11.1 Å². The molecule has 19 heavy (non-hydrogen) atoms. The molecule has 0 aromatic carbocycles. The lowest BCUT2D eigenvalue weighted by Gasteiger charge is -2.40. The van der Waals surface area contributed by atoms with Crippen LogP contribution in [0.3, 0.4) is 0 Å². The number of alkyl halides is 1. The van der Waals surface area contributed by atoms with E-state index in [9.17, 15) is 8.42 Å². The molecule has 0 N–H and O–H groups in total. The first-order valence-corrected chi connectivity index (χ1v) is 9.76. The van der Waals surface area contributed by atoms with Gasteiger partial charge in [-0.1, -0.05) is 27.7 Å². The highest BCUT2D eigenvalue weighted by Crippen LogP contribution is 2.43. The third kappa shape index (κ3) is 5.63. The third-order valence-corrected chi connectivity index (χ3v) is 6.95. The highest BCUT2D eigenvalue weighted by Gasteiger charge is 2.34. The summed E-state index contributed by atoms with van der Waals surface area (Å²) in [6.45, 7) is 8.61. The number of rotatable bonds is 5. The Bertz CT molecular complexity index is 370. The van der Waals surface area contributed by atoms with Gasteiger partial charge in [0.25, 0.3) is 0 Å². The maximum Gasteiger partial charge on any atom is 0.150 e. The van der Waals surface area contributed by atoms with E-state index in [0.29, 0.717) is 17.1 Å². The molecule has 1 saturated carbocycles. The average molecular weight is 309 g/mol. The smallest absolute Gasteiger partial charge is 0.150 e. The van der Waals surface area contributed by atoms with Gasteiger partial charge < -0.3 is 0 Å². The fraction of sp³-hybridized carbons (Fsp3) is 1.00. The number of hydrogen-bond acceptors (Lipinski definition) is 2. The van der Waals surface area contributed by atoms with Gasteiger partial charge in [0.05, 0.1) is 5.75 Å². The summed E-state index contributed by atoms with van der Waals surface area (Å²) in [5.74, 6) is 1.79. The zero-order valence-corrected chi connectivity index (χ0v) is 14.4. The number of sulfone groups is 1. The Kier molecular flexibility index (Phi) is 6.19. The van der Waals surface area contributed by atoms with Gasteiger partial charge in [-0.3, -0.25) is 0 Å². The summed E-state index contributed by atoms with van der Waals surface area (Å²) >= 11 is 6.43. The van der Waals surface area contributed by atoms with Crippen LogP contribution in [-0.2, 0) is 9.84 Å². The second kappa shape index (κ2) is 6.80. The molecule has 4 heteroatoms. The quantitative estimate of drug-likeness (QED) is 0.711. The highest BCUT2D eigenvalue weighted by molar-refractivity contribution is 7.91. The van der Waals surface area contributed by atoms with Crippen LogP contribution in [0.1, 0.15) is 59.8 Å². The summed E-state index contributed by atoms with van der Waals surface area (Å²) in [7, 11) is -2.82. The van der Waals surface area contributed by atoms with E-state index in [-0.39, 0.29) is 11.1 Å². The van der Waals surface area contributed by atoms with Crippen molar-refractivity contribution >= 4 is 21.4 Å². The van der Waals surface area contributed by atoms with Crippen LogP contribution in [-0.4, -0.2) is 25.3 Å². The Balaban J connectivity index is 2.47. The maximum atomic E-state index is 11.5. The van der Waals surface area contributed by atoms with E-state index in [2.05, 4.69) is 20.8 Å². The lowest BCUT2D eigenvalue weighted by Crippen LogP contribution is -2.32. The molecule has 3 atom stereocenters. The molecular weight excluding hydrogens is 280 g/mol. The van der Waals surface area contributed by atoms with Crippen LogP contribution in [0.2, 0.25) is 0 Å². The molecule has 1 rings (SSSR count). The van der Waals surface area contributed by atoms with Gasteiger partial charge in [0.15, 0.2) is 0 Å². The maximum absolute atomic E-state index is 11.5. The number of halogens is 1. The van der Waals surface area contributed by atoms with E-state index in [1.54, 1.807) is 6.92 Å². The van der Waals surface area contributed by atoms with Crippen LogP contribution in [0.15, 0.2) is 0 Å². The van der Waals surface area contributed by atoms with Crippen LogP contribution in [0.4, 0.5) is 0 Å². The largest absolute Gasteiger partial charge is 0.229 e. The van der Waals surface area contributed by atoms with Crippen molar-refractivity contribution in [2.24, 2.45) is 17.3 Å². The van der Waals surface area contributed by atoms with E-state index in [1.165, 1.54) is 6.42 Å². The van der Waals surface area contributed by atoms with E-state index in [0.717, 1.165) is 31.6 Å². The summed E-state index contributed by atoms with van der Waals surface area (Å²) in [4.78, 5) is 0. The van der Waals surface area contributed by atoms with E-state index < -0.39 is 9.84 Å². The molecule has 0 radical (unpaired) electrons. The third-order valence-electron chi connectivity index (χ3n) is 4.58. The van der Waals surface area contributed by atoms with E-state index in [1.807, 2.05) is 0 Å². The first-order valence-electron chi connectivity index (χ1n) is 7.50. The minimum atomic E-state index is -2.82. The van der Waals surface area contributed by atoms with Gasteiger partial charge in [-0.2, -0.15) is 0 Å². The molecule has 3 unspecified atom stereocenters. The minimum absolute atomic E-state index is 0.239. The molecule has 0 saturated heterocycles. The molecular formula is C15H29ClO2S. The summed E-state index contributed by atoms with van der Waals surface area (Å²) in [5, 5.41) is 0.239. The SMILES string of the molecule is CCS(=O)(=O)CCCC1CC(C(C)(C)C)CCC1Cl. The Morgan fingerprint density at radius 3 is 2.37 bits per heavy atom. The molecule has 0 bridgehead atoms. The van der Waals surface area contributed by atoms with Gasteiger partial charge in [0.1, 0.15) is 9.84 Å². The van der Waals surface area contributed by atoms with Crippen LogP contribution < -0.4 is 0 Å². The molecule has 0 aromatic rings. The molecule has 1 aliphatic rings. The van der Waals surface area contributed by atoms with Crippen molar-refractivity contribution in [2.45, 2.75) is 65.2 Å². The van der Waals surface area contributed by atoms with Crippen molar-refractivity contribution in [3.8, 4) is 0 Å². The zero-order chi connectivity index (χ0) is 14.7. The van der Waals surface area contributed by atoms with Gasteiger partial charge in [-0.25, -0.2) is 8.42 Å². The highest BCUT2D eigenvalue weighted by atomic mass is 35.5. The molecule has 2 nitrogen and oxygen atoms in total. The standard InChI is InChI=1S/C15H29ClO2S/c1-5-19(17,18)10-6-7-12-11-13(15(2,3)4)8-9-14(12)16/h12-14H,5-11H2,1-4H3. The average Bonchev–Trinajstić information content (AvgIpc) is 2.30. The predicted octanol–water partition coefficient (Wildman–Crippen LogP) is 4.27. The van der Waals surface area contributed by atoms with Gasteiger partial charge >= 0.3 is 0 Å². The summed E-state index contributed by atoms with van der Waals surface area (Å²) in [5.41, 5.74) is 0.338. The molecule has 0 aromatic heterocycles. The Morgan fingerprint density at radius 2 is 1.84 bits per heavy atom. The number of hydrogen-bond donors (Lipinski definition) is 0. The van der Waals surface area contributed by atoms with Crippen molar-refractivity contribution in [3.63, 3.8) is 0 Å². The Labute approximate surface area is 124 Å². The van der Waals surface area contributed by atoms with Gasteiger partial charge in [0.2, 0.25) is 0 Å². The first-order chi connectivity index (χ1) is 8.65. The zero-order valence-electron chi connectivity index (χ0n) is 12.8. The van der Waals surface area contributed by atoms with Crippen LogP contribution >= 0.6 is 11.6 Å². The summed E-state index contributed by atoms with van der Waals surface area (Å²) < 4.78 is 23.0. The van der Waals surface area contributed by atoms with Gasteiger partial charge in [-0.05, 0) is 49.4 Å². The van der Waals surface area contributed by atoms with Crippen molar-refractivity contribution in [1.29, 1.82) is 0 Å². The Morgan fingerprint density at radius 1 is 1.21 bits per heavy atom. The molecule has 0 amide bonds. The molecule has 1 fully saturated rings.